The molecule has 0 saturated carbocycles. The number of hydrogen-bond donors (Lipinski definition) is 3. The van der Waals surface area contributed by atoms with Crippen molar-refractivity contribution >= 4 is 17.7 Å². The van der Waals surface area contributed by atoms with Crippen LogP contribution in [0.3, 0.4) is 0 Å². The Morgan fingerprint density at radius 1 is 1.06 bits per heavy atom. The van der Waals surface area contributed by atoms with Gasteiger partial charge in [0.25, 0.3) is 0 Å². The molecule has 4 rings (SSSR count). The number of likely N-dealkylation sites (tertiary alicyclic amines) is 1. The molecule has 0 bridgehead atoms. The molecule has 0 aromatic carbocycles. The van der Waals surface area contributed by atoms with Crippen molar-refractivity contribution in [3.05, 3.63) is 12.3 Å². The van der Waals surface area contributed by atoms with Crippen LogP contribution in [0, 0.1) is 5.92 Å². The minimum Gasteiger partial charge on any atom is -0.356 e. The highest BCUT2D eigenvalue weighted by Gasteiger charge is 2.31. The first kappa shape index (κ1) is 25.2. The van der Waals surface area contributed by atoms with Crippen LogP contribution in [0.25, 0.3) is 0 Å². The molecule has 0 aliphatic carbocycles. The van der Waals surface area contributed by atoms with E-state index < -0.39 is 0 Å². The summed E-state index contributed by atoms with van der Waals surface area (Å²) in [6.45, 7) is 9.19. The Kier molecular flexibility index (Phi) is 9.80. The smallest absolute Gasteiger partial charge is 0.224 e. The summed E-state index contributed by atoms with van der Waals surface area (Å²) in [5, 5.41) is 10.3. The lowest BCUT2D eigenvalue weighted by Crippen LogP contribution is -2.52. The van der Waals surface area contributed by atoms with Crippen molar-refractivity contribution in [2.45, 2.75) is 83.2 Å². The van der Waals surface area contributed by atoms with Gasteiger partial charge in [-0.2, -0.15) is 4.98 Å². The molecule has 8 nitrogen and oxygen atoms in total. The molecule has 8 heteroatoms. The summed E-state index contributed by atoms with van der Waals surface area (Å²) in [6, 6.07) is 2.73. The van der Waals surface area contributed by atoms with Crippen LogP contribution in [0.5, 0.6) is 0 Å². The molecule has 0 spiro atoms. The minimum absolute atomic E-state index is 0.170. The maximum atomic E-state index is 12.6. The van der Waals surface area contributed by atoms with Crippen molar-refractivity contribution < 1.29 is 4.79 Å². The maximum absolute atomic E-state index is 12.6. The summed E-state index contributed by atoms with van der Waals surface area (Å²) < 4.78 is 0. The second kappa shape index (κ2) is 13.2. The number of amides is 1. The van der Waals surface area contributed by atoms with Crippen molar-refractivity contribution in [2.24, 2.45) is 5.92 Å². The van der Waals surface area contributed by atoms with Crippen LogP contribution in [0.4, 0.5) is 11.8 Å². The predicted molar refractivity (Wildman–Crippen MR) is 138 cm³/mol. The second-order valence-corrected chi connectivity index (χ2v) is 10.2. The number of rotatable bonds is 8. The zero-order valence-electron chi connectivity index (χ0n) is 21.1. The Bertz CT molecular complexity index is 746. The van der Waals surface area contributed by atoms with Crippen LogP contribution >= 0.6 is 0 Å². The normalized spacial score (nSPS) is 25.4. The molecule has 3 aliphatic heterocycles. The monoisotopic (exact) mass is 471 g/mol. The number of aromatic nitrogens is 2. The number of carbonyl (C=O) groups excluding carboxylic acids is 1. The molecule has 1 aromatic rings. The molecule has 3 N–H and O–H groups in total. The summed E-state index contributed by atoms with van der Waals surface area (Å²) in [5.41, 5.74) is 0. The number of likely N-dealkylation sites (N-methyl/N-ethyl adjacent to an activating group) is 1. The number of carbonyl (C=O) groups is 1. The van der Waals surface area contributed by atoms with Crippen LogP contribution in [0.1, 0.15) is 71.1 Å². The first-order valence-electron chi connectivity index (χ1n) is 13.8. The van der Waals surface area contributed by atoms with E-state index in [1.165, 1.54) is 38.5 Å². The molecule has 4 heterocycles. The lowest BCUT2D eigenvalue weighted by atomic mass is 9.93. The number of hydrogen-bond acceptors (Lipinski definition) is 7. The van der Waals surface area contributed by atoms with Crippen LogP contribution < -0.4 is 20.9 Å². The van der Waals surface area contributed by atoms with Gasteiger partial charge < -0.3 is 20.9 Å². The highest BCUT2D eigenvalue weighted by molar-refractivity contribution is 5.78. The minimum atomic E-state index is 0.170. The molecule has 1 aromatic heterocycles. The average molecular weight is 472 g/mol. The molecule has 0 unspecified atom stereocenters. The van der Waals surface area contributed by atoms with E-state index in [4.69, 9.17) is 4.98 Å². The van der Waals surface area contributed by atoms with Gasteiger partial charge in [-0.05, 0) is 77.2 Å². The van der Waals surface area contributed by atoms with Crippen molar-refractivity contribution in [3.8, 4) is 0 Å². The van der Waals surface area contributed by atoms with Gasteiger partial charge in [-0.15, -0.1) is 0 Å². The van der Waals surface area contributed by atoms with Crippen LogP contribution in [-0.2, 0) is 4.79 Å². The quantitative estimate of drug-likeness (QED) is 0.537. The van der Waals surface area contributed by atoms with E-state index in [9.17, 15) is 4.79 Å². The van der Waals surface area contributed by atoms with E-state index in [-0.39, 0.29) is 11.8 Å². The van der Waals surface area contributed by atoms with Gasteiger partial charge in [0.15, 0.2) is 0 Å². The van der Waals surface area contributed by atoms with E-state index in [0.29, 0.717) is 12.1 Å². The highest BCUT2D eigenvalue weighted by Crippen LogP contribution is 2.24. The number of anilines is 2. The first-order chi connectivity index (χ1) is 16.7. The summed E-state index contributed by atoms with van der Waals surface area (Å²) in [5.74, 6) is 2.19. The summed E-state index contributed by atoms with van der Waals surface area (Å²) in [7, 11) is 0. The summed E-state index contributed by atoms with van der Waals surface area (Å²) in [4.78, 5) is 27.1. The van der Waals surface area contributed by atoms with Crippen molar-refractivity contribution in [1.29, 1.82) is 0 Å². The fraction of sp³-hybridized carbons (Fsp3) is 0.808. The number of nitrogens with zero attached hydrogens (tertiary/aromatic N) is 4. The van der Waals surface area contributed by atoms with E-state index in [2.05, 4.69) is 43.7 Å². The van der Waals surface area contributed by atoms with Crippen LogP contribution in [-0.4, -0.2) is 78.7 Å². The third-order valence-corrected chi connectivity index (χ3v) is 7.88. The van der Waals surface area contributed by atoms with Crippen molar-refractivity contribution in [2.75, 3.05) is 56.0 Å². The molecule has 3 saturated heterocycles. The third-order valence-electron chi connectivity index (χ3n) is 7.88. The second-order valence-electron chi connectivity index (χ2n) is 10.2. The molecule has 34 heavy (non-hydrogen) atoms. The van der Waals surface area contributed by atoms with Gasteiger partial charge in [0, 0.05) is 43.8 Å². The zero-order valence-corrected chi connectivity index (χ0v) is 21.1. The Labute approximate surface area is 205 Å². The van der Waals surface area contributed by atoms with E-state index in [0.717, 1.165) is 83.3 Å². The Morgan fingerprint density at radius 3 is 2.59 bits per heavy atom. The standard InChI is InChI=1S/C26H45N7O/c1-2-32-20-8-9-22(23(32)12-16-28-25(34)21-10-14-27-15-11-21)30-26-29-17-13-24(31-26)33-18-6-4-3-5-7-19-33/h13,17,21-23,27H,2-12,14-16,18-20H2,1H3,(H,28,34)(H,29,30,31)/t22-,23+/m0/s1. The summed E-state index contributed by atoms with van der Waals surface area (Å²) >= 11 is 0. The number of nitrogens with one attached hydrogen (secondary N) is 3. The predicted octanol–water partition coefficient (Wildman–Crippen LogP) is 3.02. The van der Waals surface area contributed by atoms with Crippen molar-refractivity contribution in [3.63, 3.8) is 0 Å². The lowest BCUT2D eigenvalue weighted by Gasteiger charge is -2.41. The molecule has 190 valence electrons. The average Bonchev–Trinajstić information content (AvgIpc) is 2.85. The van der Waals surface area contributed by atoms with E-state index in [1.54, 1.807) is 0 Å². The first-order valence-corrected chi connectivity index (χ1v) is 13.8. The van der Waals surface area contributed by atoms with Crippen LogP contribution in [0.2, 0.25) is 0 Å². The lowest BCUT2D eigenvalue weighted by molar-refractivity contribution is -0.125. The molecular weight excluding hydrogens is 426 g/mol. The summed E-state index contributed by atoms with van der Waals surface area (Å²) in [6.07, 6.45) is 13.5. The van der Waals surface area contributed by atoms with Gasteiger partial charge in [0.2, 0.25) is 11.9 Å². The Hall–Kier alpha value is -1.93. The fourth-order valence-corrected chi connectivity index (χ4v) is 5.88. The topological polar surface area (TPSA) is 85.4 Å². The zero-order chi connectivity index (χ0) is 23.6. The van der Waals surface area contributed by atoms with Crippen molar-refractivity contribution in [1.82, 2.24) is 25.5 Å². The van der Waals surface area contributed by atoms with Crippen LogP contribution in [0.15, 0.2) is 12.3 Å². The molecule has 2 atom stereocenters. The maximum Gasteiger partial charge on any atom is 0.224 e. The van der Waals surface area contributed by atoms with E-state index in [1.807, 2.05) is 6.20 Å². The van der Waals surface area contributed by atoms with E-state index >= 15 is 0 Å². The molecule has 3 aliphatic rings. The van der Waals surface area contributed by atoms with Gasteiger partial charge in [-0.1, -0.05) is 26.2 Å². The molecule has 3 fully saturated rings. The number of piperidine rings is 2. The molecular formula is C26H45N7O. The fourth-order valence-electron chi connectivity index (χ4n) is 5.88. The van der Waals surface area contributed by atoms with Gasteiger partial charge in [-0.3, -0.25) is 9.69 Å². The SMILES string of the molecule is CCN1CCC[C@H](Nc2nccc(N3CCCCCCC3)n2)[C@H]1CCNC(=O)C1CCNCC1. The Balaban J connectivity index is 1.35. The highest BCUT2D eigenvalue weighted by atomic mass is 16.1. The van der Waals surface area contributed by atoms with Gasteiger partial charge in [0.1, 0.15) is 5.82 Å². The third kappa shape index (κ3) is 7.04. The largest absolute Gasteiger partial charge is 0.356 e. The molecule has 1 amide bonds. The Morgan fingerprint density at radius 2 is 1.82 bits per heavy atom. The van der Waals surface area contributed by atoms with Gasteiger partial charge in [0.05, 0.1) is 0 Å². The van der Waals surface area contributed by atoms with Gasteiger partial charge >= 0.3 is 0 Å². The van der Waals surface area contributed by atoms with Gasteiger partial charge in [-0.25, -0.2) is 4.98 Å². The molecule has 0 radical (unpaired) electrons.